The second kappa shape index (κ2) is 11.5. The maximum absolute atomic E-state index is 13.6. The predicted octanol–water partition coefficient (Wildman–Crippen LogP) is 7.01. The SMILES string of the molecule is C=C1C=C(CCC(=O)C2=C=C(N)C3CC=C(c4cncc(CN5CCC(F)(F)CC5)c4)C=C23)C=CC(C(C)C)=C1. The van der Waals surface area contributed by atoms with Crippen LogP contribution in [0.1, 0.15) is 57.1 Å². The summed E-state index contributed by atoms with van der Waals surface area (Å²) < 4.78 is 27.1. The number of hydrogen-bond donors (Lipinski definition) is 1. The maximum atomic E-state index is 13.6. The number of hydrogen-bond acceptors (Lipinski definition) is 4. The van der Waals surface area contributed by atoms with Gasteiger partial charge in [0.25, 0.3) is 5.92 Å². The number of Topliss-reactive ketones (excluding diaryl/α,β-unsaturated/α-hetero) is 1. The fraction of sp³-hybridized carbons (Fsp3) is 0.382. The number of carbonyl (C=O) groups is 1. The van der Waals surface area contributed by atoms with Crippen LogP contribution in [0.25, 0.3) is 5.57 Å². The number of likely N-dealkylation sites (tertiary alicyclic amines) is 1. The highest BCUT2D eigenvalue weighted by Gasteiger charge is 2.34. The van der Waals surface area contributed by atoms with E-state index in [-0.39, 0.29) is 24.5 Å². The third kappa shape index (κ3) is 6.41. The molecule has 0 amide bonds. The number of pyridine rings is 1. The Balaban J connectivity index is 1.27. The average Bonchev–Trinajstić information content (AvgIpc) is 3.12. The summed E-state index contributed by atoms with van der Waals surface area (Å²) in [5.74, 6) is -2.15. The Labute approximate surface area is 235 Å². The molecule has 0 bridgehead atoms. The Bertz CT molecular complexity index is 1440. The molecular weight excluding hydrogens is 504 g/mol. The van der Waals surface area contributed by atoms with E-state index in [1.165, 1.54) is 5.57 Å². The van der Waals surface area contributed by atoms with Crippen LogP contribution in [0.4, 0.5) is 8.78 Å². The number of halogens is 2. The number of piperidine rings is 1. The molecule has 5 rings (SSSR count). The van der Waals surface area contributed by atoms with Gasteiger partial charge >= 0.3 is 0 Å². The average molecular weight is 542 g/mol. The molecule has 1 saturated heterocycles. The van der Waals surface area contributed by atoms with Crippen LogP contribution in [0.5, 0.6) is 0 Å². The molecule has 3 aliphatic carbocycles. The normalized spacial score (nSPS) is 22.5. The first-order valence-corrected chi connectivity index (χ1v) is 14.1. The van der Waals surface area contributed by atoms with Crippen LogP contribution in [0.3, 0.4) is 0 Å². The monoisotopic (exact) mass is 541 g/mol. The van der Waals surface area contributed by atoms with E-state index in [0.29, 0.717) is 56.1 Å². The number of carbonyl (C=O) groups excluding carboxylic acids is 1. The number of alkyl halides is 2. The Hall–Kier alpha value is -3.60. The van der Waals surface area contributed by atoms with Crippen molar-refractivity contribution in [3.63, 3.8) is 0 Å². The summed E-state index contributed by atoms with van der Waals surface area (Å²) >= 11 is 0. The van der Waals surface area contributed by atoms with Gasteiger partial charge in [0.1, 0.15) is 0 Å². The Kier molecular flexibility index (Phi) is 8.02. The van der Waals surface area contributed by atoms with E-state index in [9.17, 15) is 13.6 Å². The minimum absolute atomic E-state index is 0.0351. The number of allylic oxidation sites excluding steroid dienone is 11. The van der Waals surface area contributed by atoms with Gasteiger partial charge in [0.2, 0.25) is 0 Å². The van der Waals surface area contributed by atoms with Gasteiger partial charge in [-0.1, -0.05) is 56.5 Å². The third-order valence-electron chi connectivity index (χ3n) is 8.11. The van der Waals surface area contributed by atoms with Crippen LogP contribution in [-0.4, -0.2) is 34.7 Å². The lowest BCUT2D eigenvalue weighted by Gasteiger charge is -2.31. The Morgan fingerprint density at radius 1 is 1.20 bits per heavy atom. The molecule has 0 radical (unpaired) electrons. The molecule has 4 aliphatic rings. The molecule has 2 N–H and O–H groups in total. The summed E-state index contributed by atoms with van der Waals surface area (Å²) in [5.41, 5.74) is 17.8. The van der Waals surface area contributed by atoms with Gasteiger partial charge in [-0.25, -0.2) is 8.78 Å². The topological polar surface area (TPSA) is 59.2 Å². The van der Waals surface area contributed by atoms with Gasteiger partial charge in [-0.15, -0.1) is 0 Å². The number of fused-ring (bicyclic) bond motifs is 1. The van der Waals surface area contributed by atoms with E-state index in [2.05, 4.69) is 66.4 Å². The summed E-state index contributed by atoms with van der Waals surface area (Å²) in [5, 5.41) is 0. The second-order valence-electron chi connectivity index (χ2n) is 11.6. The first kappa shape index (κ1) is 27.9. The fourth-order valence-corrected chi connectivity index (χ4v) is 5.69. The van der Waals surface area contributed by atoms with Crippen LogP contribution >= 0.6 is 0 Å². The van der Waals surface area contributed by atoms with Crippen LogP contribution < -0.4 is 5.73 Å². The first-order valence-electron chi connectivity index (χ1n) is 14.1. The lowest BCUT2D eigenvalue weighted by atomic mass is 9.83. The van der Waals surface area contributed by atoms with E-state index in [0.717, 1.165) is 33.4 Å². The molecule has 1 aliphatic heterocycles. The zero-order valence-corrected chi connectivity index (χ0v) is 23.4. The molecule has 1 fully saturated rings. The van der Waals surface area contributed by atoms with Gasteiger partial charge in [0.15, 0.2) is 5.78 Å². The van der Waals surface area contributed by atoms with E-state index < -0.39 is 5.92 Å². The van der Waals surface area contributed by atoms with Crippen molar-refractivity contribution < 1.29 is 13.6 Å². The number of nitrogens with zero attached hydrogens (tertiary/aromatic N) is 2. The molecule has 1 atom stereocenters. The minimum Gasteiger partial charge on any atom is -0.395 e. The summed E-state index contributed by atoms with van der Waals surface area (Å²) in [4.78, 5) is 19.9. The summed E-state index contributed by atoms with van der Waals surface area (Å²) in [7, 11) is 0. The summed E-state index contributed by atoms with van der Waals surface area (Å²) in [6, 6.07) is 2.07. The molecule has 2 heterocycles. The van der Waals surface area contributed by atoms with Crippen LogP contribution in [0.15, 0.2) is 101 Å². The highest BCUT2D eigenvalue weighted by molar-refractivity contribution is 6.02. The first-order chi connectivity index (χ1) is 19.1. The second-order valence-corrected chi connectivity index (χ2v) is 11.6. The van der Waals surface area contributed by atoms with Crippen molar-refractivity contribution in [2.24, 2.45) is 17.6 Å². The van der Waals surface area contributed by atoms with Crippen molar-refractivity contribution in [3.05, 3.63) is 112 Å². The van der Waals surface area contributed by atoms with Gasteiger partial charge in [-0.2, -0.15) is 0 Å². The number of aromatic nitrogens is 1. The van der Waals surface area contributed by atoms with E-state index in [1.807, 2.05) is 18.3 Å². The molecule has 1 unspecified atom stereocenters. The van der Waals surface area contributed by atoms with Crippen molar-refractivity contribution in [3.8, 4) is 0 Å². The molecule has 4 nitrogen and oxygen atoms in total. The number of ketones is 1. The highest BCUT2D eigenvalue weighted by atomic mass is 19.3. The lowest BCUT2D eigenvalue weighted by Crippen LogP contribution is -2.38. The number of nitrogens with two attached hydrogens (primary N) is 1. The van der Waals surface area contributed by atoms with Gasteiger partial charge in [0.05, 0.1) is 11.3 Å². The fourth-order valence-electron chi connectivity index (χ4n) is 5.69. The molecule has 1 aromatic rings. The van der Waals surface area contributed by atoms with Crippen molar-refractivity contribution in [1.82, 2.24) is 9.88 Å². The molecule has 0 spiro atoms. The number of rotatable bonds is 8. The van der Waals surface area contributed by atoms with E-state index in [4.69, 9.17) is 5.73 Å². The smallest absolute Gasteiger partial charge is 0.250 e. The van der Waals surface area contributed by atoms with Crippen LogP contribution in [-0.2, 0) is 11.3 Å². The molecule has 0 saturated carbocycles. The summed E-state index contributed by atoms with van der Waals surface area (Å²) in [6.07, 6.45) is 17.6. The van der Waals surface area contributed by atoms with Gasteiger partial charge < -0.3 is 5.73 Å². The highest BCUT2D eigenvalue weighted by Crippen LogP contribution is 2.40. The summed E-state index contributed by atoms with van der Waals surface area (Å²) in [6.45, 7) is 9.80. The van der Waals surface area contributed by atoms with Gasteiger partial charge in [0, 0.05) is 62.8 Å². The maximum Gasteiger partial charge on any atom is 0.250 e. The Morgan fingerprint density at radius 3 is 2.73 bits per heavy atom. The quantitative estimate of drug-likeness (QED) is 0.360. The van der Waals surface area contributed by atoms with Crippen molar-refractivity contribution in [1.29, 1.82) is 0 Å². The molecule has 1 aromatic heterocycles. The third-order valence-corrected chi connectivity index (χ3v) is 8.11. The van der Waals surface area contributed by atoms with Crippen molar-refractivity contribution >= 4 is 11.4 Å². The van der Waals surface area contributed by atoms with Gasteiger partial charge in [-0.3, -0.25) is 14.7 Å². The van der Waals surface area contributed by atoms with Crippen LogP contribution in [0, 0.1) is 11.8 Å². The molecular formula is C34H37F2N3O. The minimum atomic E-state index is -2.56. The van der Waals surface area contributed by atoms with Crippen molar-refractivity contribution in [2.75, 3.05) is 13.1 Å². The van der Waals surface area contributed by atoms with Gasteiger partial charge in [-0.05, 0) is 64.3 Å². The molecule has 208 valence electrons. The van der Waals surface area contributed by atoms with E-state index in [1.54, 1.807) is 6.20 Å². The van der Waals surface area contributed by atoms with E-state index >= 15 is 0 Å². The molecule has 6 heteroatoms. The lowest BCUT2D eigenvalue weighted by molar-refractivity contribution is -0.115. The predicted molar refractivity (Wildman–Crippen MR) is 156 cm³/mol. The molecule has 0 aromatic carbocycles. The zero-order valence-electron chi connectivity index (χ0n) is 23.4. The largest absolute Gasteiger partial charge is 0.395 e. The zero-order chi connectivity index (χ0) is 28.4. The Morgan fingerprint density at radius 2 is 1.98 bits per heavy atom. The van der Waals surface area contributed by atoms with Crippen molar-refractivity contribution in [2.45, 2.75) is 58.4 Å². The standard InChI is InChI=1S/C34H37F2N3O/c1-22(2)26-6-4-24(14-23(3)15-26)5-9-33(40)31-18-32(37)29-8-7-27(17-30(29)31)28-16-25(19-38-20-28)21-39-12-10-34(35,36)11-13-39/h4,6-7,14-17,19-20,22,29H,3,5,8-13,21,37H2,1-2H3. The van der Waals surface area contributed by atoms with Crippen LogP contribution in [0.2, 0.25) is 0 Å². The molecule has 40 heavy (non-hydrogen) atoms.